The first-order valence-electron chi connectivity index (χ1n) is 6.88. The molecule has 0 amide bonds. The molecule has 3 rings (SSSR count). The van der Waals surface area contributed by atoms with Crippen LogP contribution in [0.3, 0.4) is 0 Å². The second kappa shape index (κ2) is 5.37. The molecule has 0 unspecified atom stereocenters. The Kier molecular flexibility index (Phi) is 3.42. The van der Waals surface area contributed by atoms with E-state index in [1.54, 1.807) is 12.5 Å². The number of hydrogen-bond donors (Lipinski definition) is 0. The fraction of sp³-hybridized carbons (Fsp3) is 0.235. The molecule has 0 aliphatic rings. The lowest BCUT2D eigenvalue weighted by Crippen LogP contribution is -1.97. The molecule has 2 heterocycles. The molecule has 0 N–H and O–H groups in total. The predicted octanol–water partition coefficient (Wildman–Crippen LogP) is 3.89. The fourth-order valence-corrected chi connectivity index (χ4v) is 2.41. The predicted molar refractivity (Wildman–Crippen MR) is 81.3 cm³/mol. The number of hydrogen-bond acceptors (Lipinski definition) is 3. The molecule has 0 saturated carbocycles. The van der Waals surface area contributed by atoms with Crippen LogP contribution in [0.4, 0.5) is 0 Å². The van der Waals surface area contributed by atoms with Crippen LogP contribution in [0.1, 0.15) is 19.4 Å². The van der Waals surface area contributed by atoms with Gasteiger partial charge >= 0.3 is 0 Å². The zero-order chi connectivity index (χ0) is 13.9. The highest BCUT2D eigenvalue weighted by Gasteiger charge is 2.08. The van der Waals surface area contributed by atoms with E-state index in [2.05, 4.69) is 53.1 Å². The highest BCUT2D eigenvalue weighted by Crippen LogP contribution is 2.25. The SMILES string of the molecule is CC(C)Cc1ccccc1-c1cc2ncncc2cn1. The van der Waals surface area contributed by atoms with Crippen LogP contribution < -0.4 is 0 Å². The van der Waals surface area contributed by atoms with E-state index >= 15 is 0 Å². The molecule has 1 aromatic carbocycles. The quantitative estimate of drug-likeness (QED) is 0.719. The summed E-state index contributed by atoms with van der Waals surface area (Å²) in [5, 5.41) is 0.970. The van der Waals surface area contributed by atoms with Gasteiger partial charge in [0.15, 0.2) is 0 Å². The number of nitrogens with zero attached hydrogens (tertiary/aromatic N) is 3. The number of aromatic nitrogens is 3. The van der Waals surface area contributed by atoms with Crippen LogP contribution in [0.2, 0.25) is 0 Å². The Morgan fingerprint density at radius 3 is 2.75 bits per heavy atom. The summed E-state index contributed by atoms with van der Waals surface area (Å²) in [5.41, 5.74) is 4.45. The first-order valence-corrected chi connectivity index (χ1v) is 6.88. The zero-order valence-corrected chi connectivity index (χ0v) is 11.7. The summed E-state index contributed by atoms with van der Waals surface area (Å²) in [5.74, 6) is 0.624. The number of rotatable bonds is 3. The average Bonchev–Trinajstić information content (AvgIpc) is 2.47. The van der Waals surface area contributed by atoms with Gasteiger partial charge in [-0.25, -0.2) is 9.97 Å². The molecule has 100 valence electrons. The van der Waals surface area contributed by atoms with E-state index in [-0.39, 0.29) is 0 Å². The molecule has 0 atom stereocenters. The average molecular weight is 263 g/mol. The summed E-state index contributed by atoms with van der Waals surface area (Å²) >= 11 is 0. The van der Waals surface area contributed by atoms with Crippen molar-refractivity contribution in [3.63, 3.8) is 0 Å². The molecular weight excluding hydrogens is 246 g/mol. The molecule has 0 spiro atoms. The second-order valence-electron chi connectivity index (χ2n) is 5.41. The van der Waals surface area contributed by atoms with Gasteiger partial charge in [0.2, 0.25) is 0 Å². The molecule has 3 aromatic rings. The summed E-state index contributed by atoms with van der Waals surface area (Å²) in [4.78, 5) is 12.9. The molecule has 0 radical (unpaired) electrons. The van der Waals surface area contributed by atoms with Crippen molar-refractivity contribution in [2.24, 2.45) is 5.92 Å². The van der Waals surface area contributed by atoms with Crippen molar-refractivity contribution >= 4 is 10.9 Å². The van der Waals surface area contributed by atoms with E-state index in [1.165, 1.54) is 11.1 Å². The zero-order valence-electron chi connectivity index (χ0n) is 11.7. The first-order chi connectivity index (χ1) is 9.74. The Hall–Kier alpha value is -2.29. The number of pyridine rings is 1. The Balaban J connectivity index is 2.10. The van der Waals surface area contributed by atoms with Crippen molar-refractivity contribution in [1.29, 1.82) is 0 Å². The van der Waals surface area contributed by atoms with Gasteiger partial charge in [0.25, 0.3) is 0 Å². The first kappa shape index (κ1) is 12.7. The van der Waals surface area contributed by atoms with Gasteiger partial charge in [-0.1, -0.05) is 38.1 Å². The Morgan fingerprint density at radius 2 is 1.90 bits per heavy atom. The van der Waals surface area contributed by atoms with Gasteiger partial charge in [-0.2, -0.15) is 0 Å². The van der Waals surface area contributed by atoms with Gasteiger partial charge in [-0.15, -0.1) is 0 Å². The maximum Gasteiger partial charge on any atom is 0.116 e. The smallest absolute Gasteiger partial charge is 0.116 e. The minimum atomic E-state index is 0.624. The second-order valence-corrected chi connectivity index (χ2v) is 5.41. The summed E-state index contributed by atoms with van der Waals surface area (Å²) < 4.78 is 0. The maximum absolute atomic E-state index is 4.57. The molecule has 3 nitrogen and oxygen atoms in total. The minimum absolute atomic E-state index is 0.624. The normalized spacial score (nSPS) is 11.2. The van der Waals surface area contributed by atoms with Crippen molar-refractivity contribution in [3.05, 3.63) is 54.6 Å². The molecule has 3 heteroatoms. The van der Waals surface area contributed by atoms with Crippen LogP contribution in [-0.2, 0) is 6.42 Å². The lowest BCUT2D eigenvalue weighted by molar-refractivity contribution is 0.648. The van der Waals surface area contributed by atoms with E-state index in [0.29, 0.717) is 5.92 Å². The van der Waals surface area contributed by atoms with Crippen molar-refractivity contribution in [3.8, 4) is 11.3 Å². The van der Waals surface area contributed by atoms with E-state index in [4.69, 9.17) is 0 Å². The summed E-state index contributed by atoms with van der Waals surface area (Å²) in [7, 11) is 0. The van der Waals surface area contributed by atoms with Crippen molar-refractivity contribution in [1.82, 2.24) is 15.0 Å². The Bertz CT molecular complexity index is 735. The van der Waals surface area contributed by atoms with E-state index in [9.17, 15) is 0 Å². The minimum Gasteiger partial charge on any atom is -0.255 e. The fourth-order valence-electron chi connectivity index (χ4n) is 2.41. The molecule has 0 aliphatic heterocycles. The van der Waals surface area contributed by atoms with Gasteiger partial charge in [0.1, 0.15) is 6.33 Å². The monoisotopic (exact) mass is 263 g/mol. The third-order valence-electron chi connectivity index (χ3n) is 3.31. The summed E-state index contributed by atoms with van der Waals surface area (Å²) in [6, 6.07) is 10.5. The van der Waals surface area contributed by atoms with Crippen LogP contribution in [0.5, 0.6) is 0 Å². The number of benzene rings is 1. The Labute approximate surface area is 118 Å². The van der Waals surface area contributed by atoms with Crippen LogP contribution in [0, 0.1) is 5.92 Å². The van der Waals surface area contributed by atoms with E-state index in [0.717, 1.165) is 23.0 Å². The molecule has 2 aromatic heterocycles. The summed E-state index contributed by atoms with van der Waals surface area (Å²) in [6.07, 6.45) is 6.27. The van der Waals surface area contributed by atoms with Gasteiger partial charge in [-0.3, -0.25) is 4.98 Å². The highest BCUT2D eigenvalue weighted by atomic mass is 14.8. The lowest BCUT2D eigenvalue weighted by Gasteiger charge is -2.11. The van der Waals surface area contributed by atoms with Crippen LogP contribution >= 0.6 is 0 Å². The van der Waals surface area contributed by atoms with E-state index in [1.807, 2.05) is 12.3 Å². The van der Waals surface area contributed by atoms with Gasteiger partial charge in [0, 0.05) is 23.3 Å². The van der Waals surface area contributed by atoms with Gasteiger partial charge in [0.05, 0.1) is 11.2 Å². The van der Waals surface area contributed by atoms with Crippen molar-refractivity contribution < 1.29 is 0 Å². The highest BCUT2D eigenvalue weighted by molar-refractivity contribution is 5.81. The topological polar surface area (TPSA) is 38.7 Å². The number of fused-ring (bicyclic) bond motifs is 1. The molecule has 0 aliphatic carbocycles. The van der Waals surface area contributed by atoms with Gasteiger partial charge in [-0.05, 0) is 24.0 Å². The third-order valence-corrected chi connectivity index (χ3v) is 3.31. The largest absolute Gasteiger partial charge is 0.255 e. The molecule has 20 heavy (non-hydrogen) atoms. The van der Waals surface area contributed by atoms with Crippen LogP contribution in [0.25, 0.3) is 22.2 Å². The lowest BCUT2D eigenvalue weighted by atomic mass is 9.96. The molecular formula is C17H17N3. The van der Waals surface area contributed by atoms with Crippen LogP contribution in [-0.4, -0.2) is 15.0 Å². The summed E-state index contributed by atoms with van der Waals surface area (Å²) in [6.45, 7) is 4.47. The maximum atomic E-state index is 4.57. The third kappa shape index (κ3) is 2.52. The van der Waals surface area contributed by atoms with Crippen molar-refractivity contribution in [2.75, 3.05) is 0 Å². The Morgan fingerprint density at radius 1 is 1.05 bits per heavy atom. The standard InChI is InChI=1S/C17H17N3/c1-12(2)7-13-5-3-4-6-15(13)17-8-16-14(10-19-17)9-18-11-20-16/h3-6,8-12H,7H2,1-2H3. The molecule has 0 saturated heterocycles. The van der Waals surface area contributed by atoms with Gasteiger partial charge < -0.3 is 0 Å². The molecule has 0 bridgehead atoms. The molecule has 0 fully saturated rings. The van der Waals surface area contributed by atoms with Crippen molar-refractivity contribution in [2.45, 2.75) is 20.3 Å². The van der Waals surface area contributed by atoms with E-state index < -0.39 is 0 Å². The van der Waals surface area contributed by atoms with Crippen LogP contribution in [0.15, 0.2) is 49.1 Å².